The predicted molar refractivity (Wildman–Crippen MR) is 120 cm³/mol. The van der Waals surface area contributed by atoms with Crippen LogP contribution in [0.3, 0.4) is 0 Å². The fraction of sp³-hybridized carbons (Fsp3) is 0.560. The van der Waals surface area contributed by atoms with Crippen LogP contribution in [0.4, 0.5) is 11.4 Å². The minimum Gasteiger partial charge on any atom is -0.371 e. The van der Waals surface area contributed by atoms with E-state index in [1.54, 1.807) is 0 Å². The molecule has 0 bridgehead atoms. The van der Waals surface area contributed by atoms with Crippen LogP contribution in [0, 0.1) is 24.7 Å². The molecular formula is C25H36N2O. The third-order valence-corrected chi connectivity index (χ3v) is 6.38. The van der Waals surface area contributed by atoms with Gasteiger partial charge in [0.25, 0.3) is 0 Å². The van der Waals surface area contributed by atoms with Gasteiger partial charge in [0.1, 0.15) is 0 Å². The minimum absolute atomic E-state index is 0.00539. The molecular weight excluding hydrogens is 344 g/mol. The molecule has 0 saturated carbocycles. The Morgan fingerprint density at radius 1 is 1.18 bits per heavy atom. The molecule has 2 aliphatic rings. The number of amides is 1. The number of benzene rings is 1. The Balaban J connectivity index is 1.71. The molecule has 0 radical (unpaired) electrons. The van der Waals surface area contributed by atoms with Crippen molar-refractivity contribution in [1.82, 2.24) is 0 Å². The summed E-state index contributed by atoms with van der Waals surface area (Å²) in [6.45, 7) is 16.7. The molecule has 3 rings (SSSR count). The highest BCUT2D eigenvalue weighted by Gasteiger charge is 2.38. The Hall–Kier alpha value is -2.03. The summed E-state index contributed by atoms with van der Waals surface area (Å²) >= 11 is 0. The van der Waals surface area contributed by atoms with E-state index in [-0.39, 0.29) is 11.3 Å². The first-order valence-electron chi connectivity index (χ1n) is 10.6. The van der Waals surface area contributed by atoms with E-state index in [1.165, 1.54) is 36.9 Å². The number of aryl methyl sites for hydroxylation is 2. The van der Waals surface area contributed by atoms with E-state index in [4.69, 9.17) is 0 Å². The summed E-state index contributed by atoms with van der Waals surface area (Å²) in [5.41, 5.74) is 6.36. The second-order valence-electron chi connectivity index (χ2n) is 9.91. The van der Waals surface area contributed by atoms with E-state index < -0.39 is 0 Å². The molecule has 1 aliphatic heterocycles. The third kappa shape index (κ3) is 4.34. The number of rotatable bonds is 4. The number of nitrogens with one attached hydrogen (secondary N) is 1. The maximum absolute atomic E-state index is 12.4. The van der Waals surface area contributed by atoms with E-state index in [1.807, 2.05) is 0 Å². The quantitative estimate of drug-likeness (QED) is 0.677. The van der Waals surface area contributed by atoms with Crippen molar-refractivity contribution >= 4 is 17.3 Å². The van der Waals surface area contributed by atoms with Gasteiger partial charge < -0.3 is 10.2 Å². The first kappa shape index (κ1) is 20.7. The van der Waals surface area contributed by atoms with Crippen molar-refractivity contribution in [2.45, 2.75) is 66.7 Å². The number of piperidine rings is 1. The lowest BCUT2D eigenvalue weighted by Gasteiger charge is -2.42. The Morgan fingerprint density at radius 2 is 1.79 bits per heavy atom. The van der Waals surface area contributed by atoms with Gasteiger partial charge in [-0.25, -0.2) is 0 Å². The highest BCUT2D eigenvalue weighted by Crippen LogP contribution is 2.48. The number of anilines is 2. The average molecular weight is 381 g/mol. The molecule has 1 aromatic rings. The van der Waals surface area contributed by atoms with Gasteiger partial charge in [-0.05, 0) is 79.2 Å². The number of hydrogen-bond acceptors (Lipinski definition) is 2. The molecule has 1 aromatic carbocycles. The van der Waals surface area contributed by atoms with Crippen molar-refractivity contribution in [2.24, 2.45) is 10.8 Å². The second kappa shape index (κ2) is 7.77. The molecule has 3 heteroatoms. The number of carbonyl (C=O) groups is 1. The second-order valence-corrected chi connectivity index (χ2v) is 9.91. The SMILES string of the molecule is C=CC1=CCCC12CCN(c1cc(C)c(NC(=O)CC(C)(C)C)c(C)c1)CC2. The van der Waals surface area contributed by atoms with Crippen molar-refractivity contribution in [3.05, 3.63) is 47.6 Å². The highest BCUT2D eigenvalue weighted by atomic mass is 16.1. The highest BCUT2D eigenvalue weighted by molar-refractivity contribution is 5.93. The number of allylic oxidation sites excluding steroid dienone is 3. The smallest absolute Gasteiger partial charge is 0.224 e. The molecule has 0 atom stereocenters. The van der Waals surface area contributed by atoms with Gasteiger partial charge >= 0.3 is 0 Å². The van der Waals surface area contributed by atoms with Crippen LogP contribution in [0.2, 0.25) is 0 Å². The zero-order valence-electron chi connectivity index (χ0n) is 18.3. The molecule has 1 heterocycles. The van der Waals surface area contributed by atoms with Gasteiger partial charge in [0.15, 0.2) is 0 Å². The first-order valence-corrected chi connectivity index (χ1v) is 10.6. The minimum atomic E-state index is -0.00539. The number of nitrogens with zero attached hydrogens (tertiary/aromatic N) is 1. The maximum atomic E-state index is 12.4. The topological polar surface area (TPSA) is 32.3 Å². The van der Waals surface area contributed by atoms with Gasteiger partial charge in [0, 0.05) is 30.9 Å². The summed E-state index contributed by atoms with van der Waals surface area (Å²) in [4.78, 5) is 14.9. The summed E-state index contributed by atoms with van der Waals surface area (Å²) in [5, 5.41) is 3.14. The van der Waals surface area contributed by atoms with Crippen LogP contribution in [0.15, 0.2) is 36.4 Å². The molecule has 152 valence electrons. The van der Waals surface area contributed by atoms with Crippen molar-refractivity contribution in [1.29, 1.82) is 0 Å². The molecule has 0 aromatic heterocycles. The van der Waals surface area contributed by atoms with Crippen LogP contribution < -0.4 is 10.2 Å². The zero-order valence-corrected chi connectivity index (χ0v) is 18.3. The fourth-order valence-corrected chi connectivity index (χ4v) is 4.88. The molecule has 1 saturated heterocycles. The molecule has 1 aliphatic carbocycles. The van der Waals surface area contributed by atoms with E-state index in [0.717, 1.165) is 29.9 Å². The van der Waals surface area contributed by atoms with Crippen LogP contribution in [0.25, 0.3) is 0 Å². The van der Waals surface area contributed by atoms with E-state index in [0.29, 0.717) is 11.8 Å². The van der Waals surface area contributed by atoms with E-state index in [9.17, 15) is 4.79 Å². The largest absolute Gasteiger partial charge is 0.371 e. The Bertz CT molecular complexity index is 766. The molecule has 28 heavy (non-hydrogen) atoms. The summed E-state index contributed by atoms with van der Waals surface area (Å²) in [7, 11) is 0. The number of carbonyl (C=O) groups excluding carboxylic acids is 1. The van der Waals surface area contributed by atoms with Crippen molar-refractivity contribution in [3.8, 4) is 0 Å². The van der Waals surface area contributed by atoms with E-state index >= 15 is 0 Å². The van der Waals surface area contributed by atoms with Crippen LogP contribution in [-0.2, 0) is 4.79 Å². The Labute approximate surface area is 170 Å². The third-order valence-electron chi connectivity index (χ3n) is 6.38. The average Bonchev–Trinajstić information content (AvgIpc) is 2.99. The first-order chi connectivity index (χ1) is 13.1. The molecule has 1 spiro atoms. The monoisotopic (exact) mass is 380 g/mol. The summed E-state index contributed by atoms with van der Waals surface area (Å²) < 4.78 is 0. The lowest BCUT2D eigenvalue weighted by molar-refractivity contribution is -0.117. The van der Waals surface area contributed by atoms with Gasteiger partial charge in [-0.2, -0.15) is 0 Å². The van der Waals surface area contributed by atoms with Crippen molar-refractivity contribution in [2.75, 3.05) is 23.3 Å². The van der Waals surface area contributed by atoms with Crippen LogP contribution in [-0.4, -0.2) is 19.0 Å². The lowest BCUT2D eigenvalue weighted by atomic mass is 9.73. The molecule has 3 nitrogen and oxygen atoms in total. The van der Waals surface area contributed by atoms with Crippen molar-refractivity contribution in [3.63, 3.8) is 0 Å². The maximum Gasteiger partial charge on any atom is 0.224 e. The Kier molecular flexibility index (Phi) is 5.74. The number of hydrogen-bond donors (Lipinski definition) is 1. The molecule has 1 N–H and O–H groups in total. The van der Waals surface area contributed by atoms with E-state index in [2.05, 4.69) is 75.7 Å². The summed E-state index contributed by atoms with van der Waals surface area (Å²) in [6, 6.07) is 4.47. The van der Waals surface area contributed by atoms with Crippen LogP contribution in [0.1, 0.15) is 64.0 Å². The molecule has 0 unspecified atom stereocenters. The standard InChI is InChI=1S/C25H36N2O/c1-7-20-9-8-10-25(20)11-13-27(14-12-25)21-15-18(2)23(19(3)16-21)26-22(28)17-24(4,5)6/h7,9,15-16H,1,8,10-14,17H2,2-6H3,(H,26,28). The predicted octanol–water partition coefficient (Wildman–Crippen LogP) is 6.17. The van der Waals surface area contributed by atoms with Gasteiger partial charge in [0.05, 0.1) is 0 Å². The Morgan fingerprint density at radius 3 is 2.32 bits per heavy atom. The van der Waals surface area contributed by atoms with Gasteiger partial charge in [-0.3, -0.25) is 4.79 Å². The normalized spacial score (nSPS) is 18.9. The van der Waals surface area contributed by atoms with Gasteiger partial charge in [-0.1, -0.05) is 39.5 Å². The fourth-order valence-electron chi connectivity index (χ4n) is 4.88. The van der Waals surface area contributed by atoms with Crippen LogP contribution >= 0.6 is 0 Å². The summed E-state index contributed by atoms with van der Waals surface area (Å²) in [5.74, 6) is 0.0938. The molecule has 1 fully saturated rings. The summed E-state index contributed by atoms with van der Waals surface area (Å²) in [6.07, 6.45) is 9.86. The van der Waals surface area contributed by atoms with Crippen LogP contribution in [0.5, 0.6) is 0 Å². The van der Waals surface area contributed by atoms with Crippen molar-refractivity contribution < 1.29 is 4.79 Å². The van der Waals surface area contributed by atoms with Gasteiger partial charge in [-0.15, -0.1) is 0 Å². The molecule has 1 amide bonds. The lowest BCUT2D eigenvalue weighted by Crippen LogP contribution is -2.40. The van der Waals surface area contributed by atoms with Gasteiger partial charge in [0.2, 0.25) is 5.91 Å². The zero-order chi connectivity index (χ0) is 20.5.